The zero-order valence-corrected chi connectivity index (χ0v) is 13.8. The molecule has 1 N–H and O–H groups in total. The van der Waals surface area contributed by atoms with E-state index in [4.69, 9.17) is 9.84 Å². The highest BCUT2D eigenvalue weighted by Gasteiger charge is 2.26. The standard InChI is InChI=1S/C16H30O4/c1-12(8-7-10-16(5,6)13(17)18)9-11-20-14(19)15(2,3)4/h12H,7-11H2,1-6H3,(H,17,18). The zero-order chi connectivity index (χ0) is 16.0. The van der Waals surface area contributed by atoms with Crippen LogP contribution < -0.4 is 0 Å². The van der Waals surface area contributed by atoms with E-state index in [1.54, 1.807) is 13.8 Å². The first-order chi connectivity index (χ1) is 8.97. The molecular formula is C16H30O4. The molecule has 0 aliphatic rings. The Balaban J connectivity index is 3.83. The summed E-state index contributed by atoms with van der Waals surface area (Å²) in [6, 6.07) is 0. The van der Waals surface area contributed by atoms with Gasteiger partial charge in [0.05, 0.1) is 17.4 Å². The zero-order valence-electron chi connectivity index (χ0n) is 13.8. The second kappa shape index (κ2) is 7.65. The number of aliphatic carboxylic acids is 1. The molecule has 0 aromatic rings. The molecule has 20 heavy (non-hydrogen) atoms. The van der Waals surface area contributed by atoms with Gasteiger partial charge in [-0.2, -0.15) is 0 Å². The molecule has 0 fully saturated rings. The van der Waals surface area contributed by atoms with Crippen LogP contribution in [0.1, 0.15) is 67.2 Å². The lowest BCUT2D eigenvalue weighted by molar-refractivity contribution is -0.153. The fourth-order valence-corrected chi connectivity index (χ4v) is 1.71. The molecule has 4 nitrogen and oxygen atoms in total. The Labute approximate surface area is 122 Å². The summed E-state index contributed by atoms with van der Waals surface area (Å²) in [5, 5.41) is 9.03. The molecule has 118 valence electrons. The number of ether oxygens (including phenoxy) is 1. The molecule has 0 radical (unpaired) electrons. The van der Waals surface area contributed by atoms with Gasteiger partial charge in [-0.3, -0.25) is 9.59 Å². The van der Waals surface area contributed by atoms with Gasteiger partial charge in [-0.25, -0.2) is 0 Å². The maximum Gasteiger partial charge on any atom is 0.311 e. The Hall–Kier alpha value is -1.06. The molecule has 0 spiro atoms. The first-order valence-corrected chi connectivity index (χ1v) is 7.37. The van der Waals surface area contributed by atoms with Gasteiger partial charge in [0.15, 0.2) is 0 Å². The minimum atomic E-state index is -0.746. The monoisotopic (exact) mass is 286 g/mol. The van der Waals surface area contributed by atoms with Gasteiger partial charge >= 0.3 is 11.9 Å². The van der Waals surface area contributed by atoms with Crippen LogP contribution >= 0.6 is 0 Å². The van der Waals surface area contributed by atoms with E-state index in [-0.39, 0.29) is 5.97 Å². The van der Waals surface area contributed by atoms with Crippen LogP contribution in [0.25, 0.3) is 0 Å². The van der Waals surface area contributed by atoms with Crippen LogP contribution in [-0.4, -0.2) is 23.7 Å². The maximum atomic E-state index is 11.6. The van der Waals surface area contributed by atoms with Crippen molar-refractivity contribution in [2.75, 3.05) is 6.61 Å². The van der Waals surface area contributed by atoms with Crippen LogP contribution in [0, 0.1) is 16.7 Å². The van der Waals surface area contributed by atoms with Crippen molar-refractivity contribution in [2.24, 2.45) is 16.7 Å². The number of carboxylic acid groups (broad SMARTS) is 1. The maximum absolute atomic E-state index is 11.6. The van der Waals surface area contributed by atoms with Crippen LogP contribution in [0.4, 0.5) is 0 Å². The van der Waals surface area contributed by atoms with Crippen molar-refractivity contribution in [1.29, 1.82) is 0 Å². The second-order valence-corrected chi connectivity index (χ2v) is 7.36. The lowest BCUT2D eigenvalue weighted by Gasteiger charge is -2.20. The van der Waals surface area contributed by atoms with Crippen LogP contribution in [-0.2, 0) is 14.3 Å². The average Bonchev–Trinajstić information content (AvgIpc) is 2.27. The fraction of sp³-hybridized carbons (Fsp3) is 0.875. The number of hydrogen-bond donors (Lipinski definition) is 1. The Kier molecular flexibility index (Phi) is 7.25. The van der Waals surface area contributed by atoms with Gasteiger partial charge in [0, 0.05) is 0 Å². The molecule has 0 saturated heterocycles. The predicted octanol–water partition coefficient (Wildman–Crippen LogP) is 3.88. The summed E-state index contributed by atoms with van der Waals surface area (Å²) in [5.74, 6) is -0.478. The number of carbonyl (C=O) groups excluding carboxylic acids is 1. The molecule has 0 bridgehead atoms. The van der Waals surface area contributed by atoms with Gasteiger partial charge in [0.1, 0.15) is 0 Å². The van der Waals surface area contributed by atoms with E-state index < -0.39 is 16.8 Å². The molecule has 4 heteroatoms. The first kappa shape index (κ1) is 18.9. The molecule has 1 atom stereocenters. The van der Waals surface area contributed by atoms with Crippen LogP contribution in [0.15, 0.2) is 0 Å². The lowest BCUT2D eigenvalue weighted by Crippen LogP contribution is -2.24. The Bertz CT molecular complexity index is 326. The van der Waals surface area contributed by atoms with Gasteiger partial charge in [0.2, 0.25) is 0 Å². The Morgan fingerprint density at radius 3 is 2.10 bits per heavy atom. The van der Waals surface area contributed by atoms with Gasteiger partial charge in [-0.1, -0.05) is 19.8 Å². The van der Waals surface area contributed by atoms with E-state index in [0.29, 0.717) is 18.9 Å². The number of carbonyl (C=O) groups is 2. The molecule has 0 aliphatic heterocycles. The first-order valence-electron chi connectivity index (χ1n) is 7.37. The molecule has 0 aromatic heterocycles. The molecule has 0 rings (SSSR count). The Morgan fingerprint density at radius 2 is 1.65 bits per heavy atom. The van der Waals surface area contributed by atoms with Crippen molar-refractivity contribution in [3.05, 3.63) is 0 Å². The van der Waals surface area contributed by atoms with Gasteiger partial charge in [-0.15, -0.1) is 0 Å². The smallest absolute Gasteiger partial charge is 0.311 e. The topological polar surface area (TPSA) is 63.6 Å². The summed E-state index contributed by atoms with van der Waals surface area (Å²) in [4.78, 5) is 22.6. The van der Waals surface area contributed by atoms with Crippen LogP contribution in [0.2, 0.25) is 0 Å². The molecule has 0 aliphatic carbocycles. The summed E-state index contributed by atoms with van der Waals surface area (Å²) < 4.78 is 5.23. The van der Waals surface area contributed by atoms with Crippen molar-refractivity contribution in [1.82, 2.24) is 0 Å². The third kappa shape index (κ3) is 7.51. The highest BCUT2D eigenvalue weighted by Crippen LogP contribution is 2.25. The average molecular weight is 286 g/mol. The van der Waals surface area contributed by atoms with Gasteiger partial charge < -0.3 is 9.84 Å². The third-order valence-corrected chi connectivity index (χ3v) is 3.53. The molecule has 0 heterocycles. The molecule has 0 amide bonds. The van der Waals surface area contributed by atoms with Crippen molar-refractivity contribution in [3.8, 4) is 0 Å². The van der Waals surface area contributed by atoms with E-state index in [1.807, 2.05) is 20.8 Å². The third-order valence-electron chi connectivity index (χ3n) is 3.53. The van der Waals surface area contributed by atoms with Crippen molar-refractivity contribution >= 4 is 11.9 Å². The molecular weight excluding hydrogens is 256 g/mol. The largest absolute Gasteiger partial charge is 0.481 e. The highest BCUT2D eigenvalue weighted by molar-refractivity contribution is 5.75. The summed E-state index contributed by atoms with van der Waals surface area (Å²) in [6.07, 6.45) is 3.35. The van der Waals surface area contributed by atoms with E-state index in [0.717, 1.165) is 19.3 Å². The minimum Gasteiger partial charge on any atom is -0.481 e. The number of carboxylic acids is 1. The quantitative estimate of drug-likeness (QED) is 0.688. The fourth-order valence-electron chi connectivity index (χ4n) is 1.71. The van der Waals surface area contributed by atoms with Crippen molar-refractivity contribution in [3.63, 3.8) is 0 Å². The van der Waals surface area contributed by atoms with E-state index in [2.05, 4.69) is 6.92 Å². The predicted molar refractivity (Wildman–Crippen MR) is 79.5 cm³/mol. The van der Waals surface area contributed by atoms with Gasteiger partial charge in [0.25, 0.3) is 0 Å². The lowest BCUT2D eigenvalue weighted by atomic mass is 9.86. The minimum absolute atomic E-state index is 0.170. The normalized spacial score (nSPS) is 13.9. The van der Waals surface area contributed by atoms with E-state index in [9.17, 15) is 9.59 Å². The van der Waals surface area contributed by atoms with Crippen molar-refractivity contribution < 1.29 is 19.4 Å². The summed E-state index contributed by atoms with van der Waals surface area (Å²) in [5.41, 5.74) is -1.10. The highest BCUT2D eigenvalue weighted by atomic mass is 16.5. The molecule has 0 aromatic carbocycles. The Morgan fingerprint density at radius 1 is 1.10 bits per heavy atom. The van der Waals surface area contributed by atoms with Crippen LogP contribution in [0.3, 0.4) is 0 Å². The summed E-state index contributed by atoms with van der Waals surface area (Å²) in [7, 11) is 0. The molecule has 1 unspecified atom stereocenters. The number of rotatable bonds is 8. The van der Waals surface area contributed by atoms with E-state index >= 15 is 0 Å². The number of hydrogen-bond acceptors (Lipinski definition) is 3. The van der Waals surface area contributed by atoms with E-state index in [1.165, 1.54) is 0 Å². The van der Waals surface area contributed by atoms with Crippen LogP contribution in [0.5, 0.6) is 0 Å². The molecule has 0 saturated carbocycles. The van der Waals surface area contributed by atoms with Gasteiger partial charge in [-0.05, 0) is 53.4 Å². The van der Waals surface area contributed by atoms with Crippen molar-refractivity contribution in [2.45, 2.75) is 67.2 Å². The number of esters is 1. The summed E-state index contributed by atoms with van der Waals surface area (Å²) in [6.45, 7) is 11.6. The SMILES string of the molecule is CC(CCCC(C)(C)C(=O)O)CCOC(=O)C(C)(C)C. The summed E-state index contributed by atoms with van der Waals surface area (Å²) >= 11 is 0. The second-order valence-electron chi connectivity index (χ2n) is 7.36.